The van der Waals surface area contributed by atoms with Crippen LogP contribution in [0.4, 0.5) is 5.69 Å². The lowest BCUT2D eigenvalue weighted by molar-refractivity contribution is 0.597. The van der Waals surface area contributed by atoms with Crippen molar-refractivity contribution in [3.8, 4) is 0 Å². The van der Waals surface area contributed by atoms with E-state index in [9.17, 15) is 8.42 Å². The predicted molar refractivity (Wildman–Crippen MR) is 74.4 cm³/mol. The van der Waals surface area contributed by atoms with Crippen LogP contribution in [0.5, 0.6) is 0 Å². The Morgan fingerprint density at radius 2 is 1.84 bits per heavy atom. The van der Waals surface area contributed by atoms with E-state index in [1.54, 1.807) is 30.3 Å². The molecule has 0 amide bonds. The summed E-state index contributed by atoms with van der Waals surface area (Å²) in [6.45, 7) is 0.317. The van der Waals surface area contributed by atoms with Crippen LogP contribution in [0, 0.1) is 0 Å². The molecule has 1 heterocycles. The third-order valence-electron chi connectivity index (χ3n) is 2.41. The van der Waals surface area contributed by atoms with Crippen molar-refractivity contribution in [1.82, 2.24) is 4.98 Å². The van der Waals surface area contributed by atoms with Crippen molar-refractivity contribution in [2.24, 2.45) is 5.73 Å². The summed E-state index contributed by atoms with van der Waals surface area (Å²) in [4.78, 5) is 3.88. The minimum Gasteiger partial charge on any atom is -0.326 e. The minimum atomic E-state index is -3.70. The smallest absolute Gasteiger partial charge is 0.279 e. The summed E-state index contributed by atoms with van der Waals surface area (Å²) >= 11 is 5.73. The number of anilines is 1. The van der Waals surface area contributed by atoms with E-state index >= 15 is 0 Å². The summed E-state index contributed by atoms with van der Waals surface area (Å²) in [6.07, 6.45) is 1.44. The Labute approximate surface area is 116 Å². The molecular formula is C12H12ClN3O2S. The number of nitrogens with zero attached hydrogens (tertiary/aromatic N) is 1. The third-order valence-corrected chi connectivity index (χ3v) is 3.95. The zero-order chi connectivity index (χ0) is 13.9. The summed E-state index contributed by atoms with van der Waals surface area (Å²) in [5, 5.41) is 0.480. The molecule has 1 aromatic heterocycles. The number of nitrogens with two attached hydrogens (primary N) is 1. The molecule has 0 aliphatic carbocycles. The Balaban J connectivity index is 2.24. The topological polar surface area (TPSA) is 85.1 Å². The Morgan fingerprint density at radius 3 is 2.37 bits per heavy atom. The summed E-state index contributed by atoms with van der Waals surface area (Å²) in [6, 6.07) is 9.40. The summed E-state index contributed by atoms with van der Waals surface area (Å²) < 4.78 is 26.5. The molecule has 0 aliphatic rings. The number of hydrogen-bond acceptors (Lipinski definition) is 4. The highest BCUT2D eigenvalue weighted by molar-refractivity contribution is 7.92. The number of hydrogen-bond donors (Lipinski definition) is 2. The summed E-state index contributed by atoms with van der Waals surface area (Å²) in [7, 11) is -3.70. The van der Waals surface area contributed by atoms with Crippen molar-refractivity contribution in [2.45, 2.75) is 11.6 Å². The zero-order valence-electron chi connectivity index (χ0n) is 9.88. The summed E-state index contributed by atoms with van der Waals surface area (Å²) in [5.74, 6) is 0. The molecule has 0 unspecified atom stereocenters. The van der Waals surface area contributed by atoms with E-state index in [1.807, 2.05) is 0 Å². The Bertz CT molecular complexity index is 654. The van der Waals surface area contributed by atoms with Crippen molar-refractivity contribution >= 4 is 27.3 Å². The second kappa shape index (κ2) is 5.56. The van der Waals surface area contributed by atoms with E-state index in [4.69, 9.17) is 17.3 Å². The lowest BCUT2D eigenvalue weighted by atomic mass is 10.3. The molecule has 0 saturated heterocycles. The highest BCUT2D eigenvalue weighted by atomic mass is 35.5. The monoisotopic (exact) mass is 297 g/mol. The fourth-order valence-corrected chi connectivity index (χ4v) is 2.53. The molecular weight excluding hydrogens is 286 g/mol. The van der Waals surface area contributed by atoms with Gasteiger partial charge in [-0.2, -0.15) is 8.42 Å². The quantitative estimate of drug-likeness (QED) is 0.904. The molecule has 0 fully saturated rings. The van der Waals surface area contributed by atoms with Gasteiger partial charge >= 0.3 is 0 Å². The number of aromatic nitrogens is 1. The number of nitrogens with one attached hydrogen (secondary N) is 1. The molecule has 7 heteroatoms. The molecule has 0 atom stereocenters. The second-order valence-corrected chi connectivity index (χ2v) is 5.89. The lowest BCUT2D eigenvalue weighted by Gasteiger charge is -2.07. The van der Waals surface area contributed by atoms with Gasteiger partial charge in [-0.05, 0) is 35.9 Å². The predicted octanol–water partition coefficient (Wildman–Crippen LogP) is 1.99. The first-order valence-corrected chi connectivity index (χ1v) is 7.31. The fourth-order valence-electron chi connectivity index (χ4n) is 1.42. The molecule has 0 radical (unpaired) electrons. The fraction of sp³-hybridized carbons (Fsp3) is 0.0833. The van der Waals surface area contributed by atoms with Crippen LogP contribution in [0.2, 0.25) is 5.02 Å². The van der Waals surface area contributed by atoms with E-state index in [0.717, 1.165) is 5.56 Å². The average Bonchev–Trinajstić information content (AvgIpc) is 2.41. The number of rotatable bonds is 4. The summed E-state index contributed by atoms with van der Waals surface area (Å²) in [5.41, 5.74) is 6.62. The van der Waals surface area contributed by atoms with Gasteiger partial charge < -0.3 is 5.73 Å². The van der Waals surface area contributed by atoms with Crippen molar-refractivity contribution < 1.29 is 8.42 Å². The maximum absolute atomic E-state index is 12.0. The first-order valence-electron chi connectivity index (χ1n) is 5.44. The van der Waals surface area contributed by atoms with Gasteiger partial charge in [0.15, 0.2) is 5.03 Å². The van der Waals surface area contributed by atoms with Crippen LogP contribution in [0.25, 0.3) is 0 Å². The first-order chi connectivity index (χ1) is 9.01. The van der Waals surface area contributed by atoms with Crippen LogP contribution in [-0.4, -0.2) is 13.4 Å². The highest BCUT2D eigenvalue weighted by Gasteiger charge is 2.15. The number of pyridine rings is 1. The molecule has 100 valence electrons. The van der Waals surface area contributed by atoms with Gasteiger partial charge in [-0.3, -0.25) is 4.72 Å². The number of benzene rings is 1. The van der Waals surface area contributed by atoms with Crippen LogP contribution in [0.1, 0.15) is 5.56 Å². The molecule has 0 aliphatic heterocycles. The standard InChI is InChI=1S/C12H12ClN3O2S/c13-10-2-4-11(5-3-10)16-19(17,18)12-6-1-9(7-14)8-15-12/h1-6,8,16H,7,14H2. The lowest BCUT2D eigenvalue weighted by Crippen LogP contribution is -2.14. The molecule has 2 rings (SSSR count). The van der Waals surface area contributed by atoms with Crippen molar-refractivity contribution in [1.29, 1.82) is 0 Å². The van der Waals surface area contributed by atoms with Gasteiger partial charge in [0.1, 0.15) is 0 Å². The van der Waals surface area contributed by atoms with E-state index in [0.29, 0.717) is 17.3 Å². The molecule has 0 bridgehead atoms. The molecule has 0 saturated carbocycles. The van der Waals surface area contributed by atoms with Gasteiger partial charge in [-0.1, -0.05) is 17.7 Å². The third kappa shape index (κ3) is 3.44. The Kier molecular flexibility index (Phi) is 4.04. The molecule has 1 aromatic carbocycles. The van der Waals surface area contributed by atoms with Gasteiger partial charge in [0, 0.05) is 23.5 Å². The van der Waals surface area contributed by atoms with Crippen LogP contribution >= 0.6 is 11.6 Å². The van der Waals surface area contributed by atoms with E-state index in [1.165, 1.54) is 12.3 Å². The van der Waals surface area contributed by atoms with E-state index in [2.05, 4.69) is 9.71 Å². The Morgan fingerprint density at radius 1 is 1.16 bits per heavy atom. The van der Waals surface area contributed by atoms with Crippen LogP contribution in [-0.2, 0) is 16.6 Å². The Hall–Kier alpha value is -1.63. The van der Waals surface area contributed by atoms with Gasteiger partial charge in [0.2, 0.25) is 0 Å². The van der Waals surface area contributed by atoms with Crippen LogP contribution < -0.4 is 10.5 Å². The van der Waals surface area contributed by atoms with Crippen molar-refractivity contribution in [3.63, 3.8) is 0 Å². The molecule has 0 spiro atoms. The number of halogens is 1. The molecule has 19 heavy (non-hydrogen) atoms. The maximum Gasteiger partial charge on any atom is 0.279 e. The number of sulfonamides is 1. The van der Waals surface area contributed by atoms with Gasteiger partial charge in [-0.15, -0.1) is 0 Å². The zero-order valence-corrected chi connectivity index (χ0v) is 11.4. The second-order valence-electron chi connectivity index (χ2n) is 3.82. The first kappa shape index (κ1) is 13.8. The van der Waals surface area contributed by atoms with Crippen molar-refractivity contribution in [3.05, 3.63) is 53.2 Å². The molecule has 2 aromatic rings. The molecule has 5 nitrogen and oxygen atoms in total. The van der Waals surface area contributed by atoms with E-state index in [-0.39, 0.29) is 5.03 Å². The van der Waals surface area contributed by atoms with E-state index < -0.39 is 10.0 Å². The largest absolute Gasteiger partial charge is 0.326 e. The SMILES string of the molecule is NCc1ccc(S(=O)(=O)Nc2ccc(Cl)cc2)nc1. The highest BCUT2D eigenvalue weighted by Crippen LogP contribution is 2.17. The normalized spacial score (nSPS) is 11.3. The van der Waals surface area contributed by atoms with Crippen molar-refractivity contribution in [2.75, 3.05) is 4.72 Å². The van der Waals surface area contributed by atoms with Gasteiger partial charge in [0.05, 0.1) is 0 Å². The van der Waals surface area contributed by atoms with Gasteiger partial charge in [0.25, 0.3) is 10.0 Å². The maximum atomic E-state index is 12.0. The average molecular weight is 298 g/mol. The van der Waals surface area contributed by atoms with Crippen LogP contribution in [0.3, 0.4) is 0 Å². The van der Waals surface area contributed by atoms with Crippen LogP contribution in [0.15, 0.2) is 47.6 Å². The molecule has 3 N–H and O–H groups in total. The van der Waals surface area contributed by atoms with Gasteiger partial charge in [-0.25, -0.2) is 4.98 Å². The minimum absolute atomic E-state index is 0.0559.